The minimum Gasteiger partial charge on any atom is -0.460 e. The lowest BCUT2D eigenvalue weighted by molar-refractivity contribution is 0.207. The van der Waals surface area contributed by atoms with Crippen molar-refractivity contribution in [1.82, 2.24) is 20.3 Å². The first-order valence-electron chi connectivity index (χ1n) is 5.10. The number of H-pyrrole nitrogens is 1. The number of aromatic amines is 1. The Morgan fingerprint density at radius 3 is 3.27 bits per heavy atom. The van der Waals surface area contributed by atoms with E-state index in [0.29, 0.717) is 11.7 Å². The molecule has 2 N–H and O–H groups in total. The van der Waals surface area contributed by atoms with Crippen molar-refractivity contribution in [3.63, 3.8) is 0 Å². The van der Waals surface area contributed by atoms with Gasteiger partial charge in [0.05, 0.1) is 5.52 Å². The molecule has 0 aromatic carbocycles. The lowest BCUT2D eigenvalue weighted by atomic mass is 10.3. The number of hydrogen-bond acceptors (Lipinski definition) is 4. The van der Waals surface area contributed by atoms with Crippen molar-refractivity contribution in [3.05, 3.63) is 18.3 Å². The SMILES string of the molecule is c1cnc2nc(OC3CCNC3)[nH]c2c1. The average molecular weight is 204 g/mol. The van der Waals surface area contributed by atoms with Crippen LogP contribution in [0.5, 0.6) is 6.01 Å². The molecule has 0 bridgehead atoms. The average Bonchev–Trinajstić information content (AvgIpc) is 2.86. The molecule has 1 saturated heterocycles. The summed E-state index contributed by atoms with van der Waals surface area (Å²) in [6.07, 6.45) is 2.99. The number of nitrogens with zero attached hydrogens (tertiary/aromatic N) is 2. The monoisotopic (exact) mass is 204 g/mol. The molecule has 1 fully saturated rings. The summed E-state index contributed by atoms with van der Waals surface area (Å²) in [4.78, 5) is 11.5. The van der Waals surface area contributed by atoms with Crippen molar-refractivity contribution in [2.75, 3.05) is 13.1 Å². The number of aromatic nitrogens is 3. The zero-order chi connectivity index (χ0) is 10.1. The Hall–Kier alpha value is -1.62. The van der Waals surface area contributed by atoms with Crippen LogP contribution in [0.3, 0.4) is 0 Å². The van der Waals surface area contributed by atoms with E-state index < -0.39 is 0 Å². The van der Waals surface area contributed by atoms with Crippen LogP contribution >= 0.6 is 0 Å². The molecule has 2 aromatic heterocycles. The quantitative estimate of drug-likeness (QED) is 0.755. The van der Waals surface area contributed by atoms with Gasteiger partial charge in [-0.25, -0.2) is 4.98 Å². The Kier molecular flexibility index (Phi) is 2.03. The van der Waals surface area contributed by atoms with E-state index in [1.165, 1.54) is 0 Å². The van der Waals surface area contributed by atoms with Gasteiger partial charge in [-0.1, -0.05) is 0 Å². The summed E-state index contributed by atoms with van der Waals surface area (Å²) in [5, 5.41) is 3.24. The fourth-order valence-corrected chi connectivity index (χ4v) is 1.77. The van der Waals surface area contributed by atoms with Crippen LogP contribution < -0.4 is 10.1 Å². The van der Waals surface area contributed by atoms with Crippen LogP contribution in [0.2, 0.25) is 0 Å². The highest BCUT2D eigenvalue weighted by molar-refractivity contribution is 5.70. The van der Waals surface area contributed by atoms with Crippen LogP contribution in [0.15, 0.2) is 18.3 Å². The second kappa shape index (κ2) is 3.51. The predicted octanol–water partition coefficient (Wildman–Crippen LogP) is 0.699. The van der Waals surface area contributed by atoms with Gasteiger partial charge in [-0.15, -0.1) is 0 Å². The number of ether oxygens (including phenoxy) is 1. The molecular formula is C10H12N4O. The highest BCUT2D eigenvalue weighted by Gasteiger charge is 2.17. The summed E-state index contributed by atoms with van der Waals surface area (Å²) in [6.45, 7) is 1.91. The summed E-state index contributed by atoms with van der Waals surface area (Å²) in [7, 11) is 0. The molecule has 0 saturated carbocycles. The van der Waals surface area contributed by atoms with Crippen molar-refractivity contribution in [2.45, 2.75) is 12.5 Å². The maximum atomic E-state index is 5.69. The van der Waals surface area contributed by atoms with Crippen LogP contribution in [-0.2, 0) is 0 Å². The molecule has 5 heteroatoms. The number of hydrogen-bond donors (Lipinski definition) is 2. The van der Waals surface area contributed by atoms with Crippen LogP contribution in [0, 0.1) is 0 Å². The first-order chi connectivity index (χ1) is 7.42. The predicted molar refractivity (Wildman–Crippen MR) is 55.8 cm³/mol. The van der Waals surface area contributed by atoms with Crippen molar-refractivity contribution >= 4 is 11.2 Å². The van der Waals surface area contributed by atoms with E-state index in [0.717, 1.165) is 25.0 Å². The number of rotatable bonds is 2. The summed E-state index contributed by atoms with van der Waals surface area (Å²) in [5.74, 6) is 0. The lowest BCUT2D eigenvalue weighted by Gasteiger charge is -2.07. The molecule has 1 unspecified atom stereocenters. The fourth-order valence-electron chi connectivity index (χ4n) is 1.77. The third-order valence-corrected chi connectivity index (χ3v) is 2.53. The van der Waals surface area contributed by atoms with Crippen LogP contribution in [0.1, 0.15) is 6.42 Å². The van der Waals surface area contributed by atoms with Gasteiger partial charge >= 0.3 is 0 Å². The molecule has 1 aliphatic heterocycles. The molecule has 0 spiro atoms. The molecule has 3 rings (SSSR count). The molecular weight excluding hydrogens is 192 g/mol. The molecule has 78 valence electrons. The van der Waals surface area contributed by atoms with E-state index in [1.807, 2.05) is 12.1 Å². The van der Waals surface area contributed by atoms with Crippen molar-refractivity contribution < 1.29 is 4.74 Å². The van der Waals surface area contributed by atoms with Crippen LogP contribution in [0.4, 0.5) is 0 Å². The second-order valence-electron chi connectivity index (χ2n) is 3.65. The van der Waals surface area contributed by atoms with Gasteiger partial charge in [-0.3, -0.25) is 0 Å². The van der Waals surface area contributed by atoms with Gasteiger partial charge < -0.3 is 15.0 Å². The van der Waals surface area contributed by atoms with Crippen molar-refractivity contribution in [3.8, 4) is 6.01 Å². The van der Waals surface area contributed by atoms with Gasteiger partial charge in [0.1, 0.15) is 6.10 Å². The Morgan fingerprint density at radius 1 is 1.47 bits per heavy atom. The van der Waals surface area contributed by atoms with Gasteiger partial charge in [0, 0.05) is 12.7 Å². The highest BCUT2D eigenvalue weighted by atomic mass is 16.5. The number of fused-ring (bicyclic) bond motifs is 1. The maximum Gasteiger partial charge on any atom is 0.296 e. The first kappa shape index (κ1) is 8.67. The van der Waals surface area contributed by atoms with E-state index in [2.05, 4.69) is 20.3 Å². The van der Waals surface area contributed by atoms with Crippen LogP contribution in [0.25, 0.3) is 11.2 Å². The normalized spacial score (nSPS) is 20.9. The maximum absolute atomic E-state index is 5.69. The van der Waals surface area contributed by atoms with Gasteiger partial charge in [0.15, 0.2) is 5.65 Å². The van der Waals surface area contributed by atoms with Gasteiger partial charge in [0.2, 0.25) is 0 Å². The molecule has 1 aliphatic rings. The van der Waals surface area contributed by atoms with E-state index in [9.17, 15) is 0 Å². The molecule has 0 amide bonds. The fraction of sp³-hybridized carbons (Fsp3) is 0.400. The van der Waals surface area contributed by atoms with Crippen molar-refractivity contribution in [2.24, 2.45) is 0 Å². The number of pyridine rings is 1. The Labute approximate surface area is 86.9 Å². The van der Waals surface area contributed by atoms with Gasteiger partial charge in [-0.2, -0.15) is 4.98 Å². The van der Waals surface area contributed by atoms with Gasteiger partial charge in [0.25, 0.3) is 6.01 Å². The van der Waals surface area contributed by atoms with E-state index in [-0.39, 0.29) is 6.10 Å². The summed E-state index contributed by atoms with van der Waals surface area (Å²) < 4.78 is 5.69. The van der Waals surface area contributed by atoms with Gasteiger partial charge in [-0.05, 0) is 25.1 Å². The molecule has 3 heterocycles. The Bertz CT molecular complexity index is 428. The molecule has 0 aliphatic carbocycles. The zero-order valence-electron chi connectivity index (χ0n) is 8.23. The van der Waals surface area contributed by atoms with E-state index in [4.69, 9.17) is 4.74 Å². The molecule has 5 nitrogen and oxygen atoms in total. The van der Waals surface area contributed by atoms with Crippen LogP contribution in [-0.4, -0.2) is 34.1 Å². The first-order valence-corrected chi connectivity index (χ1v) is 5.10. The van der Waals surface area contributed by atoms with Crippen molar-refractivity contribution in [1.29, 1.82) is 0 Å². The topological polar surface area (TPSA) is 62.8 Å². The largest absolute Gasteiger partial charge is 0.460 e. The minimum atomic E-state index is 0.227. The third kappa shape index (κ3) is 1.66. The molecule has 2 aromatic rings. The lowest BCUT2D eigenvalue weighted by Crippen LogP contribution is -2.20. The molecule has 0 radical (unpaired) electrons. The molecule has 1 atom stereocenters. The van der Waals surface area contributed by atoms with E-state index >= 15 is 0 Å². The minimum absolute atomic E-state index is 0.227. The number of imidazole rings is 1. The standard InChI is InChI=1S/C10H12N4O/c1-2-8-9(12-4-1)14-10(13-8)15-7-3-5-11-6-7/h1-2,4,7,11H,3,5-6H2,(H,12,13,14). The number of nitrogens with one attached hydrogen (secondary N) is 2. The molecule has 15 heavy (non-hydrogen) atoms. The summed E-state index contributed by atoms with van der Waals surface area (Å²) in [6, 6.07) is 4.38. The Morgan fingerprint density at radius 2 is 2.47 bits per heavy atom. The summed E-state index contributed by atoms with van der Waals surface area (Å²) >= 11 is 0. The Balaban J connectivity index is 1.84. The third-order valence-electron chi connectivity index (χ3n) is 2.53. The zero-order valence-corrected chi connectivity index (χ0v) is 8.23. The smallest absolute Gasteiger partial charge is 0.296 e. The highest BCUT2D eigenvalue weighted by Crippen LogP contribution is 2.15. The summed E-state index contributed by atoms with van der Waals surface area (Å²) in [5.41, 5.74) is 1.62. The second-order valence-corrected chi connectivity index (χ2v) is 3.65. The van der Waals surface area contributed by atoms with E-state index in [1.54, 1.807) is 6.20 Å².